The van der Waals surface area contributed by atoms with E-state index in [1.54, 1.807) is 0 Å². The third-order valence-electron chi connectivity index (χ3n) is 1.03. The van der Waals surface area contributed by atoms with Crippen molar-refractivity contribution < 1.29 is 8.42 Å². The van der Waals surface area contributed by atoms with Crippen molar-refractivity contribution in [3.05, 3.63) is 22.7 Å². The van der Waals surface area contributed by atoms with Gasteiger partial charge >= 0.3 is 0 Å². The Morgan fingerprint density at radius 1 is 1.55 bits per heavy atom. The van der Waals surface area contributed by atoms with E-state index < -0.39 is 15.4 Å². The zero-order valence-corrected chi connectivity index (χ0v) is 6.55. The number of hydrogen-bond donors (Lipinski definition) is 1. The van der Waals surface area contributed by atoms with Crippen LogP contribution in [0.1, 0.15) is 0 Å². The number of hydrogen-bond acceptors (Lipinski definition) is 4. The summed E-state index contributed by atoms with van der Waals surface area (Å²) in [6.07, 6.45) is 3.02. The first kappa shape index (κ1) is 7.93. The SMILES string of the molecule is CS(=O)(=O)c1c[nH]c(=O)cn1. The summed E-state index contributed by atoms with van der Waals surface area (Å²) >= 11 is 0. The average molecular weight is 174 g/mol. The monoisotopic (exact) mass is 174 g/mol. The molecule has 0 aliphatic carbocycles. The third-order valence-corrected chi connectivity index (χ3v) is 2.01. The average Bonchev–Trinajstić information content (AvgIpc) is 1.86. The molecule has 0 bridgehead atoms. The van der Waals surface area contributed by atoms with E-state index in [1.807, 2.05) is 0 Å². The smallest absolute Gasteiger partial charge is 0.266 e. The molecule has 0 aliphatic rings. The minimum atomic E-state index is -3.30. The fourth-order valence-corrected chi connectivity index (χ4v) is 1.05. The molecule has 0 atom stereocenters. The molecule has 0 radical (unpaired) electrons. The summed E-state index contributed by atoms with van der Waals surface area (Å²) in [5.41, 5.74) is -0.419. The maximum atomic E-state index is 10.8. The minimum Gasteiger partial charge on any atom is -0.325 e. The molecule has 1 rings (SSSR count). The van der Waals surface area contributed by atoms with Gasteiger partial charge in [-0.1, -0.05) is 0 Å². The van der Waals surface area contributed by atoms with E-state index in [0.717, 1.165) is 18.6 Å². The fraction of sp³-hybridized carbons (Fsp3) is 0.200. The van der Waals surface area contributed by atoms with Crippen molar-refractivity contribution in [1.29, 1.82) is 0 Å². The molecule has 0 unspecified atom stereocenters. The topological polar surface area (TPSA) is 79.9 Å². The molecule has 11 heavy (non-hydrogen) atoms. The van der Waals surface area contributed by atoms with Gasteiger partial charge in [0.25, 0.3) is 5.56 Å². The van der Waals surface area contributed by atoms with Crippen LogP contribution in [0.25, 0.3) is 0 Å². The van der Waals surface area contributed by atoms with Crippen LogP contribution in [0.2, 0.25) is 0 Å². The minimum absolute atomic E-state index is 0.128. The van der Waals surface area contributed by atoms with Crippen molar-refractivity contribution in [3.63, 3.8) is 0 Å². The second kappa shape index (κ2) is 2.46. The van der Waals surface area contributed by atoms with Crippen molar-refractivity contribution in [2.75, 3.05) is 6.26 Å². The van der Waals surface area contributed by atoms with Crippen LogP contribution in [0.4, 0.5) is 0 Å². The Bertz CT molecular complexity index is 385. The normalized spacial score (nSPS) is 11.4. The first-order chi connectivity index (χ1) is 5.00. The van der Waals surface area contributed by atoms with Gasteiger partial charge in [0.2, 0.25) is 0 Å². The number of nitrogens with one attached hydrogen (secondary N) is 1. The Hall–Kier alpha value is -1.17. The number of H-pyrrole nitrogens is 1. The van der Waals surface area contributed by atoms with Gasteiger partial charge < -0.3 is 4.98 Å². The van der Waals surface area contributed by atoms with Gasteiger partial charge in [-0.05, 0) is 0 Å². The second-order valence-corrected chi connectivity index (χ2v) is 3.98. The molecule has 1 heterocycles. The summed E-state index contributed by atoms with van der Waals surface area (Å²) in [4.78, 5) is 16.1. The molecule has 0 aliphatic heterocycles. The largest absolute Gasteiger partial charge is 0.325 e. The van der Waals surface area contributed by atoms with Crippen LogP contribution in [0.3, 0.4) is 0 Å². The zero-order valence-electron chi connectivity index (χ0n) is 5.73. The van der Waals surface area contributed by atoms with Gasteiger partial charge in [0.1, 0.15) is 0 Å². The van der Waals surface area contributed by atoms with Gasteiger partial charge in [-0.25, -0.2) is 13.4 Å². The Kier molecular flexibility index (Phi) is 1.77. The third kappa shape index (κ3) is 1.87. The van der Waals surface area contributed by atoms with Gasteiger partial charge in [0, 0.05) is 12.5 Å². The van der Waals surface area contributed by atoms with Crippen molar-refractivity contribution in [2.24, 2.45) is 0 Å². The van der Waals surface area contributed by atoms with Crippen LogP contribution >= 0.6 is 0 Å². The van der Waals surface area contributed by atoms with E-state index in [1.165, 1.54) is 0 Å². The van der Waals surface area contributed by atoms with E-state index in [-0.39, 0.29) is 5.03 Å². The Morgan fingerprint density at radius 3 is 2.55 bits per heavy atom. The summed E-state index contributed by atoms with van der Waals surface area (Å²) in [5, 5.41) is -0.128. The van der Waals surface area contributed by atoms with Crippen LogP contribution < -0.4 is 5.56 Å². The molecule has 0 saturated heterocycles. The van der Waals surface area contributed by atoms with Crippen LogP contribution in [-0.4, -0.2) is 24.6 Å². The number of rotatable bonds is 1. The molecule has 0 fully saturated rings. The molecule has 1 aromatic rings. The highest BCUT2D eigenvalue weighted by Crippen LogP contribution is 1.97. The maximum absolute atomic E-state index is 10.8. The molecule has 6 heteroatoms. The van der Waals surface area contributed by atoms with Crippen molar-refractivity contribution in [1.82, 2.24) is 9.97 Å². The van der Waals surface area contributed by atoms with Crippen LogP contribution in [0.5, 0.6) is 0 Å². The van der Waals surface area contributed by atoms with Crippen molar-refractivity contribution in [3.8, 4) is 0 Å². The molecule has 0 spiro atoms. The van der Waals surface area contributed by atoms with Crippen LogP contribution in [-0.2, 0) is 9.84 Å². The van der Waals surface area contributed by atoms with E-state index in [0.29, 0.717) is 0 Å². The lowest BCUT2D eigenvalue weighted by Crippen LogP contribution is -2.09. The van der Waals surface area contributed by atoms with Crippen molar-refractivity contribution in [2.45, 2.75) is 5.03 Å². The summed E-state index contributed by atoms with van der Waals surface area (Å²) in [5.74, 6) is 0. The highest BCUT2D eigenvalue weighted by atomic mass is 32.2. The number of sulfone groups is 1. The highest BCUT2D eigenvalue weighted by Gasteiger charge is 2.06. The molecule has 60 valence electrons. The molecule has 1 aromatic heterocycles. The molecular weight excluding hydrogens is 168 g/mol. The lowest BCUT2D eigenvalue weighted by Gasteiger charge is -1.92. The Balaban J connectivity index is 3.31. The lowest BCUT2D eigenvalue weighted by molar-refractivity contribution is 0.597. The predicted molar refractivity (Wildman–Crippen MR) is 38.0 cm³/mol. The maximum Gasteiger partial charge on any atom is 0.266 e. The molecule has 0 amide bonds. The summed E-state index contributed by atoms with van der Waals surface area (Å²) in [6.45, 7) is 0. The first-order valence-corrected chi connectivity index (χ1v) is 4.64. The fourth-order valence-electron chi connectivity index (χ4n) is 0.532. The number of nitrogens with zero attached hydrogens (tertiary/aromatic N) is 1. The second-order valence-electron chi connectivity index (χ2n) is 2.02. The first-order valence-electron chi connectivity index (χ1n) is 2.75. The Labute approximate surface area is 63.0 Å². The van der Waals surface area contributed by atoms with Crippen molar-refractivity contribution >= 4 is 9.84 Å². The van der Waals surface area contributed by atoms with Crippen LogP contribution in [0.15, 0.2) is 22.2 Å². The molecular formula is C5H6N2O3S. The van der Waals surface area contributed by atoms with E-state index in [4.69, 9.17) is 0 Å². The Morgan fingerprint density at radius 2 is 2.18 bits per heavy atom. The van der Waals surface area contributed by atoms with Gasteiger partial charge in [-0.3, -0.25) is 4.79 Å². The van der Waals surface area contributed by atoms with E-state index >= 15 is 0 Å². The quantitative estimate of drug-likeness (QED) is 0.602. The number of aromatic nitrogens is 2. The van der Waals surface area contributed by atoms with Gasteiger partial charge in [-0.15, -0.1) is 0 Å². The highest BCUT2D eigenvalue weighted by molar-refractivity contribution is 7.90. The van der Waals surface area contributed by atoms with Gasteiger partial charge in [-0.2, -0.15) is 0 Å². The molecule has 0 saturated carbocycles. The molecule has 0 aromatic carbocycles. The van der Waals surface area contributed by atoms with Crippen LogP contribution in [0, 0.1) is 0 Å². The zero-order chi connectivity index (χ0) is 8.48. The predicted octanol–water partition coefficient (Wildman–Crippen LogP) is -0.827. The summed E-state index contributed by atoms with van der Waals surface area (Å²) in [6, 6.07) is 0. The van der Waals surface area contributed by atoms with E-state index in [2.05, 4.69) is 9.97 Å². The summed E-state index contributed by atoms with van der Waals surface area (Å²) in [7, 11) is -3.30. The standard InChI is InChI=1S/C5H6N2O3S/c1-11(9,10)5-3-6-4(8)2-7-5/h2-3H,1H3,(H,6,8). The molecule has 5 nitrogen and oxygen atoms in total. The number of aromatic amines is 1. The lowest BCUT2D eigenvalue weighted by atomic mass is 10.7. The van der Waals surface area contributed by atoms with Gasteiger partial charge in [0.15, 0.2) is 14.9 Å². The van der Waals surface area contributed by atoms with Gasteiger partial charge in [0.05, 0.1) is 6.20 Å². The van der Waals surface area contributed by atoms with E-state index in [9.17, 15) is 13.2 Å². The molecule has 1 N–H and O–H groups in total. The summed E-state index contributed by atoms with van der Waals surface area (Å²) < 4.78 is 21.5.